The zero-order valence-corrected chi connectivity index (χ0v) is 31.5. The lowest BCUT2D eigenvalue weighted by Crippen LogP contribution is -1.96. The summed E-state index contributed by atoms with van der Waals surface area (Å²) < 4.78 is 0. The number of rotatable bonds is 6. The molecule has 2 aromatic heterocycles. The van der Waals surface area contributed by atoms with E-state index in [0.717, 1.165) is 72.1 Å². The predicted molar refractivity (Wildman–Crippen MR) is 242 cm³/mol. The summed E-state index contributed by atoms with van der Waals surface area (Å²) >= 11 is 0. The highest BCUT2D eigenvalue weighted by atomic mass is 14.9. The summed E-state index contributed by atoms with van der Waals surface area (Å²) in [5.41, 5.74) is 12.6. The third-order valence-corrected chi connectivity index (χ3v) is 11.2. The average Bonchev–Trinajstić information content (AvgIpc) is 3.31. The molecule has 0 spiro atoms. The van der Waals surface area contributed by atoms with Crippen molar-refractivity contribution in [3.8, 4) is 67.4 Å². The summed E-state index contributed by atoms with van der Waals surface area (Å²) in [5, 5.41) is 8.22. The van der Waals surface area contributed by atoms with Gasteiger partial charge >= 0.3 is 0 Å². The Labute approximate surface area is 336 Å². The monoisotopic (exact) mass is 737 g/mol. The standard InChI is InChI=1S/C55H35N3/c1-3-14-39(15-4-1)47-20-11-21-48-53(47)49-34-44(30-31-50(49)56-54(48)41-16-5-2-6-17-41)38-22-26-40(27-23-38)51-35-52(45-28-24-36-12-7-9-18-42(36)32-45)58-55(57-51)46-29-25-37-13-8-10-19-43(37)33-46/h1-35H. The van der Waals surface area contributed by atoms with Crippen LogP contribution in [0.15, 0.2) is 212 Å². The molecule has 0 aliphatic rings. The van der Waals surface area contributed by atoms with Gasteiger partial charge in [-0.3, -0.25) is 0 Å². The van der Waals surface area contributed by atoms with Gasteiger partial charge in [-0.05, 0) is 74.1 Å². The molecule has 2 heterocycles. The molecular formula is C55H35N3. The summed E-state index contributed by atoms with van der Waals surface area (Å²) in [7, 11) is 0. The second kappa shape index (κ2) is 14.1. The lowest BCUT2D eigenvalue weighted by Gasteiger charge is -2.15. The molecule has 270 valence electrons. The Morgan fingerprint density at radius 2 is 0.828 bits per heavy atom. The number of hydrogen-bond acceptors (Lipinski definition) is 3. The molecule has 9 aromatic carbocycles. The van der Waals surface area contributed by atoms with E-state index in [4.69, 9.17) is 15.0 Å². The molecule has 0 saturated carbocycles. The molecule has 0 unspecified atom stereocenters. The van der Waals surface area contributed by atoms with Gasteiger partial charge in [0.15, 0.2) is 5.82 Å². The van der Waals surface area contributed by atoms with Gasteiger partial charge in [0.2, 0.25) is 0 Å². The average molecular weight is 738 g/mol. The normalized spacial score (nSPS) is 11.4. The highest BCUT2D eigenvalue weighted by Gasteiger charge is 2.16. The van der Waals surface area contributed by atoms with Crippen LogP contribution in [0.5, 0.6) is 0 Å². The van der Waals surface area contributed by atoms with Crippen LogP contribution in [0.2, 0.25) is 0 Å². The first-order valence-corrected chi connectivity index (χ1v) is 19.7. The van der Waals surface area contributed by atoms with E-state index in [2.05, 4.69) is 212 Å². The van der Waals surface area contributed by atoms with Crippen molar-refractivity contribution in [2.24, 2.45) is 0 Å². The maximum absolute atomic E-state index is 5.28. The third kappa shape index (κ3) is 6.07. The van der Waals surface area contributed by atoms with Crippen molar-refractivity contribution in [1.82, 2.24) is 15.0 Å². The van der Waals surface area contributed by atoms with E-state index >= 15 is 0 Å². The number of nitrogens with zero attached hydrogens (tertiary/aromatic N) is 3. The fourth-order valence-electron chi connectivity index (χ4n) is 8.29. The van der Waals surface area contributed by atoms with Crippen molar-refractivity contribution in [3.63, 3.8) is 0 Å². The molecule has 11 rings (SSSR count). The zero-order chi connectivity index (χ0) is 38.4. The van der Waals surface area contributed by atoms with Crippen LogP contribution in [0.3, 0.4) is 0 Å². The number of aromatic nitrogens is 3. The molecule has 0 aliphatic heterocycles. The maximum Gasteiger partial charge on any atom is 0.160 e. The van der Waals surface area contributed by atoms with Crippen LogP contribution in [-0.4, -0.2) is 15.0 Å². The van der Waals surface area contributed by atoms with Crippen molar-refractivity contribution >= 4 is 43.2 Å². The van der Waals surface area contributed by atoms with Gasteiger partial charge in [0, 0.05) is 38.4 Å². The number of benzene rings is 9. The highest BCUT2D eigenvalue weighted by Crippen LogP contribution is 2.40. The Morgan fingerprint density at radius 3 is 1.53 bits per heavy atom. The van der Waals surface area contributed by atoms with Crippen molar-refractivity contribution in [3.05, 3.63) is 212 Å². The van der Waals surface area contributed by atoms with E-state index in [0.29, 0.717) is 5.82 Å². The van der Waals surface area contributed by atoms with Gasteiger partial charge in [-0.2, -0.15) is 0 Å². The number of fused-ring (bicyclic) bond motifs is 5. The SMILES string of the molecule is c1ccc(-c2nc3ccc(-c4ccc(-c5cc(-c6ccc7ccccc7c6)nc(-c6ccc7ccccc7c6)n5)cc4)cc3c3c(-c4ccccc4)cccc23)cc1. The van der Waals surface area contributed by atoms with Gasteiger partial charge in [-0.1, -0.05) is 182 Å². The van der Waals surface area contributed by atoms with Gasteiger partial charge in [0.25, 0.3) is 0 Å². The van der Waals surface area contributed by atoms with E-state index in [9.17, 15) is 0 Å². The summed E-state index contributed by atoms with van der Waals surface area (Å²) in [5.74, 6) is 0.702. The molecule has 3 nitrogen and oxygen atoms in total. The molecule has 58 heavy (non-hydrogen) atoms. The summed E-state index contributed by atoms with van der Waals surface area (Å²) in [6.07, 6.45) is 0. The van der Waals surface area contributed by atoms with Gasteiger partial charge in [0.1, 0.15) is 0 Å². The van der Waals surface area contributed by atoms with Gasteiger partial charge < -0.3 is 0 Å². The number of pyridine rings is 1. The van der Waals surface area contributed by atoms with E-state index in [-0.39, 0.29) is 0 Å². The molecule has 3 heteroatoms. The maximum atomic E-state index is 5.28. The summed E-state index contributed by atoms with van der Waals surface area (Å²) in [6.45, 7) is 0. The first kappa shape index (κ1) is 33.6. The van der Waals surface area contributed by atoms with Crippen molar-refractivity contribution < 1.29 is 0 Å². The van der Waals surface area contributed by atoms with E-state index in [1.807, 2.05) is 0 Å². The van der Waals surface area contributed by atoms with Crippen LogP contribution in [-0.2, 0) is 0 Å². The topological polar surface area (TPSA) is 38.7 Å². The minimum atomic E-state index is 0.702. The quantitative estimate of drug-likeness (QED) is 0.160. The minimum absolute atomic E-state index is 0.702. The van der Waals surface area contributed by atoms with Crippen LogP contribution in [0.1, 0.15) is 0 Å². The van der Waals surface area contributed by atoms with Crippen LogP contribution in [0.25, 0.3) is 111 Å². The lowest BCUT2D eigenvalue weighted by atomic mass is 9.91. The minimum Gasteiger partial charge on any atom is -0.247 e. The third-order valence-electron chi connectivity index (χ3n) is 11.2. The predicted octanol–water partition coefficient (Wildman–Crippen LogP) is 14.5. The first-order chi connectivity index (χ1) is 28.7. The Morgan fingerprint density at radius 1 is 0.276 bits per heavy atom. The second-order valence-corrected chi connectivity index (χ2v) is 14.8. The van der Waals surface area contributed by atoms with Gasteiger partial charge in [-0.25, -0.2) is 15.0 Å². The highest BCUT2D eigenvalue weighted by molar-refractivity contribution is 6.17. The lowest BCUT2D eigenvalue weighted by molar-refractivity contribution is 1.18. The Balaban J connectivity index is 1.04. The molecule has 0 amide bonds. The van der Waals surface area contributed by atoms with E-state index < -0.39 is 0 Å². The molecule has 0 fully saturated rings. The zero-order valence-electron chi connectivity index (χ0n) is 31.5. The molecule has 11 aromatic rings. The van der Waals surface area contributed by atoms with Gasteiger partial charge in [-0.15, -0.1) is 0 Å². The van der Waals surface area contributed by atoms with Gasteiger partial charge in [0.05, 0.1) is 22.6 Å². The largest absolute Gasteiger partial charge is 0.247 e. The van der Waals surface area contributed by atoms with Crippen molar-refractivity contribution in [2.45, 2.75) is 0 Å². The molecule has 0 aliphatic carbocycles. The molecule has 0 radical (unpaired) electrons. The Kier molecular flexibility index (Phi) is 8.15. The second-order valence-electron chi connectivity index (χ2n) is 14.8. The smallest absolute Gasteiger partial charge is 0.160 e. The van der Waals surface area contributed by atoms with Crippen molar-refractivity contribution in [2.75, 3.05) is 0 Å². The number of hydrogen-bond donors (Lipinski definition) is 0. The van der Waals surface area contributed by atoms with E-state index in [1.165, 1.54) is 32.7 Å². The Hall–Kier alpha value is -7.75. The first-order valence-electron chi connectivity index (χ1n) is 19.7. The van der Waals surface area contributed by atoms with E-state index in [1.54, 1.807) is 0 Å². The van der Waals surface area contributed by atoms with Crippen molar-refractivity contribution in [1.29, 1.82) is 0 Å². The summed E-state index contributed by atoms with van der Waals surface area (Å²) in [4.78, 5) is 15.7. The Bertz CT molecular complexity index is 3220. The molecule has 0 atom stereocenters. The van der Waals surface area contributed by atoms with Crippen LogP contribution < -0.4 is 0 Å². The summed E-state index contributed by atoms with van der Waals surface area (Å²) in [6, 6.07) is 75.2. The fraction of sp³-hybridized carbons (Fsp3) is 0. The molecule has 0 saturated heterocycles. The molecular weight excluding hydrogens is 703 g/mol. The van der Waals surface area contributed by atoms with Crippen LogP contribution >= 0.6 is 0 Å². The van der Waals surface area contributed by atoms with Crippen LogP contribution in [0, 0.1) is 0 Å². The molecule has 0 N–H and O–H groups in total. The van der Waals surface area contributed by atoms with Crippen LogP contribution in [0.4, 0.5) is 0 Å². The molecule has 0 bridgehead atoms. The fourth-order valence-corrected chi connectivity index (χ4v) is 8.29.